The molecule has 1 atom stereocenters. The highest BCUT2D eigenvalue weighted by molar-refractivity contribution is 5.99. The third-order valence-electron chi connectivity index (χ3n) is 4.03. The first kappa shape index (κ1) is 23.0. The van der Waals surface area contributed by atoms with E-state index in [2.05, 4.69) is 5.32 Å². The van der Waals surface area contributed by atoms with E-state index in [1.165, 1.54) is 7.11 Å². The zero-order valence-corrected chi connectivity index (χ0v) is 17.5. The van der Waals surface area contributed by atoms with Gasteiger partial charge in [0.05, 0.1) is 13.2 Å². The molecule has 0 saturated heterocycles. The molecule has 0 bridgehead atoms. The summed E-state index contributed by atoms with van der Waals surface area (Å²) in [6, 6.07) is 4.97. The highest BCUT2D eigenvalue weighted by Gasteiger charge is 2.34. The van der Waals surface area contributed by atoms with Crippen molar-refractivity contribution in [3.8, 4) is 5.75 Å². The average molecular weight is 379 g/mol. The molecule has 27 heavy (non-hydrogen) atoms. The van der Waals surface area contributed by atoms with Gasteiger partial charge in [-0.15, -0.1) is 0 Å². The number of hydrogen-bond donors (Lipinski definition) is 1. The fourth-order valence-electron chi connectivity index (χ4n) is 2.67. The molecule has 152 valence electrons. The normalized spacial score (nSPS) is 13.4. The second kappa shape index (κ2) is 10.3. The van der Waals surface area contributed by atoms with Crippen LogP contribution in [-0.4, -0.2) is 37.8 Å². The molecule has 0 aliphatic rings. The Bertz CT molecular complexity index is 641. The number of hydrogen-bond acceptors (Lipinski definition) is 5. The molecule has 0 fully saturated rings. The Hall–Kier alpha value is -2.08. The van der Waals surface area contributed by atoms with Gasteiger partial charge in [-0.1, -0.05) is 27.7 Å². The summed E-state index contributed by atoms with van der Waals surface area (Å²) < 4.78 is 16.3. The third kappa shape index (κ3) is 6.86. The number of esters is 1. The predicted molar refractivity (Wildman–Crippen MR) is 106 cm³/mol. The van der Waals surface area contributed by atoms with Crippen LogP contribution in [0.1, 0.15) is 58.3 Å². The summed E-state index contributed by atoms with van der Waals surface area (Å²) in [6.45, 7) is 12.4. The third-order valence-corrected chi connectivity index (χ3v) is 4.03. The topological polar surface area (TPSA) is 73.9 Å². The van der Waals surface area contributed by atoms with E-state index in [4.69, 9.17) is 14.2 Å². The Morgan fingerprint density at radius 2 is 1.81 bits per heavy atom. The van der Waals surface area contributed by atoms with Crippen LogP contribution in [-0.2, 0) is 14.3 Å². The van der Waals surface area contributed by atoms with E-state index in [1.807, 2.05) is 27.7 Å². The predicted octanol–water partition coefficient (Wildman–Crippen LogP) is 4.29. The molecule has 1 rings (SSSR count). The molecule has 1 amide bonds. The molecule has 0 aromatic heterocycles. The summed E-state index contributed by atoms with van der Waals surface area (Å²) in [5, 5.41) is 2.84. The molecule has 1 aromatic rings. The minimum absolute atomic E-state index is 0.259. The van der Waals surface area contributed by atoms with E-state index in [1.54, 1.807) is 32.0 Å². The Morgan fingerprint density at radius 1 is 1.15 bits per heavy atom. The fraction of sp³-hybridized carbons (Fsp3) is 0.619. The molecule has 0 unspecified atom stereocenters. The molecule has 0 heterocycles. The fourth-order valence-corrected chi connectivity index (χ4v) is 2.67. The van der Waals surface area contributed by atoms with Gasteiger partial charge in [-0.25, -0.2) is 4.79 Å². The molecule has 0 aliphatic heterocycles. The number of nitrogens with one attached hydrogen (secondary N) is 1. The van der Waals surface area contributed by atoms with Gasteiger partial charge in [0.25, 0.3) is 5.91 Å². The van der Waals surface area contributed by atoms with Crippen LogP contribution in [0.5, 0.6) is 5.75 Å². The van der Waals surface area contributed by atoms with Crippen LogP contribution >= 0.6 is 0 Å². The van der Waals surface area contributed by atoms with Gasteiger partial charge in [-0.3, -0.25) is 4.79 Å². The average Bonchev–Trinajstić information content (AvgIpc) is 2.59. The lowest BCUT2D eigenvalue weighted by molar-refractivity contribution is -0.137. The minimum atomic E-state index is -0.953. The lowest BCUT2D eigenvalue weighted by Crippen LogP contribution is -2.43. The summed E-state index contributed by atoms with van der Waals surface area (Å²) in [6.07, 6.45) is 0.579. The van der Waals surface area contributed by atoms with Crippen molar-refractivity contribution < 1.29 is 23.8 Å². The number of methoxy groups -OCH3 is 1. The van der Waals surface area contributed by atoms with Gasteiger partial charge in [0.15, 0.2) is 0 Å². The molecule has 6 nitrogen and oxygen atoms in total. The number of carbonyl (C=O) groups is 2. The van der Waals surface area contributed by atoms with Crippen molar-refractivity contribution in [3.05, 3.63) is 23.8 Å². The van der Waals surface area contributed by atoms with Crippen LogP contribution < -0.4 is 10.1 Å². The first-order valence-corrected chi connectivity index (χ1v) is 9.43. The Morgan fingerprint density at radius 3 is 2.33 bits per heavy atom. The summed E-state index contributed by atoms with van der Waals surface area (Å²) in [4.78, 5) is 25.0. The van der Waals surface area contributed by atoms with Crippen molar-refractivity contribution in [2.24, 2.45) is 11.8 Å². The van der Waals surface area contributed by atoms with E-state index in [-0.39, 0.29) is 12.5 Å². The lowest BCUT2D eigenvalue weighted by atomic mass is 9.93. The van der Waals surface area contributed by atoms with Crippen molar-refractivity contribution >= 4 is 17.6 Å². The monoisotopic (exact) mass is 379 g/mol. The van der Waals surface area contributed by atoms with Crippen LogP contribution in [0.2, 0.25) is 0 Å². The maximum Gasteiger partial charge on any atom is 0.341 e. The second-order valence-electron chi connectivity index (χ2n) is 7.62. The van der Waals surface area contributed by atoms with Gasteiger partial charge >= 0.3 is 5.97 Å². The molecule has 6 heteroatoms. The molecule has 0 radical (unpaired) electrons. The Balaban J connectivity index is 3.09. The first-order chi connectivity index (χ1) is 12.6. The molecule has 1 aromatic carbocycles. The van der Waals surface area contributed by atoms with Gasteiger partial charge in [0.1, 0.15) is 16.9 Å². The SMILES string of the molecule is CCOC(=O)c1cc(NC(=O)[C@@](C)(CC(C)C)OC)ccc1OCC(C)C. The van der Waals surface area contributed by atoms with Crippen LogP contribution in [0.15, 0.2) is 18.2 Å². The summed E-state index contributed by atoms with van der Waals surface area (Å²) in [5.74, 6) is 0.311. The van der Waals surface area contributed by atoms with Gasteiger partial charge in [0, 0.05) is 12.8 Å². The van der Waals surface area contributed by atoms with Gasteiger partial charge in [0.2, 0.25) is 0 Å². The zero-order chi connectivity index (χ0) is 20.6. The van der Waals surface area contributed by atoms with Crippen LogP contribution in [0.3, 0.4) is 0 Å². The molecule has 0 aliphatic carbocycles. The maximum atomic E-state index is 12.7. The first-order valence-electron chi connectivity index (χ1n) is 9.43. The minimum Gasteiger partial charge on any atom is -0.492 e. The molecule has 0 spiro atoms. The molecule has 1 N–H and O–H groups in total. The van der Waals surface area contributed by atoms with Gasteiger partial charge in [-0.2, -0.15) is 0 Å². The van der Waals surface area contributed by atoms with Crippen LogP contribution in [0, 0.1) is 11.8 Å². The lowest BCUT2D eigenvalue weighted by Gasteiger charge is -2.28. The summed E-state index contributed by atoms with van der Waals surface area (Å²) in [7, 11) is 1.52. The van der Waals surface area contributed by atoms with Gasteiger partial charge in [-0.05, 0) is 50.3 Å². The second-order valence-corrected chi connectivity index (χ2v) is 7.62. The standard InChI is InChI=1S/C21H33NO5/c1-8-26-19(23)17-11-16(9-10-18(17)27-13-15(4)5)22-20(24)21(6,25-7)12-14(2)3/h9-11,14-15H,8,12-13H2,1-7H3,(H,22,24)/t21-/m1/s1. The highest BCUT2D eigenvalue weighted by atomic mass is 16.5. The summed E-state index contributed by atoms with van der Waals surface area (Å²) in [5.41, 5.74) is -0.171. The van der Waals surface area contributed by atoms with Gasteiger partial charge < -0.3 is 19.5 Å². The molecular weight excluding hydrogens is 346 g/mol. The number of anilines is 1. The Labute approximate surface area is 162 Å². The number of benzene rings is 1. The molecular formula is C21H33NO5. The smallest absolute Gasteiger partial charge is 0.341 e. The number of amides is 1. The summed E-state index contributed by atoms with van der Waals surface area (Å²) >= 11 is 0. The van der Waals surface area contributed by atoms with E-state index in [9.17, 15) is 9.59 Å². The van der Waals surface area contributed by atoms with Crippen molar-refractivity contribution in [2.45, 2.75) is 53.6 Å². The number of carbonyl (C=O) groups excluding carboxylic acids is 2. The quantitative estimate of drug-likeness (QED) is 0.614. The number of rotatable bonds is 10. The van der Waals surface area contributed by atoms with Crippen molar-refractivity contribution in [1.29, 1.82) is 0 Å². The van der Waals surface area contributed by atoms with Crippen molar-refractivity contribution in [3.63, 3.8) is 0 Å². The van der Waals surface area contributed by atoms with E-state index in [0.29, 0.717) is 41.9 Å². The molecule has 0 saturated carbocycles. The van der Waals surface area contributed by atoms with E-state index in [0.717, 1.165) is 0 Å². The number of ether oxygens (including phenoxy) is 3. The van der Waals surface area contributed by atoms with Crippen LogP contribution in [0.4, 0.5) is 5.69 Å². The Kier molecular flexibility index (Phi) is 8.76. The van der Waals surface area contributed by atoms with E-state index >= 15 is 0 Å². The zero-order valence-electron chi connectivity index (χ0n) is 17.5. The largest absolute Gasteiger partial charge is 0.492 e. The van der Waals surface area contributed by atoms with Crippen molar-refractivity contribution in [1.82, 2.24) is 0 Å². The highest BCUT2D eigenvalue weighted by Crippen LogP contribution is 2.27. The van der Waals surface area contributed by atoms with Crippen LogP contribution in [0.25, 0.3) is 0 Å². The maximum absolute atomic E-state index is 12.7. The van der Waals surface area contributed by atoms with Crippen molar-refractivity contribution in [2.75, 3.05) is 25.6 Å². The van der Waals surface area contributed by atoms with E-state index < -0.39 is 11.6 Å².